The zero-order valence-electron chi connectivity index (χ0n) is 12.6. The average Bonchev–Trinajstić information content (AvgIpc) is 2.89. The Labute approximate surface area is 122 Å². The standard InChI is InChI=1S/C17H25N3/c1-3-5-12-20-17(15-9-7-6-8-10-15)16(14-19-20)13-18-11-4-2/h6-10,14,18H,3-5,11-13H2,1-2H3. The molecular weight excluding hydrogens is 246 g/mol. The summed E-state index contributed by atoms with van der Waals surface area (Å²) in [5, 5.41) is 8.06. The highest BCUT2D eigenvalue weighted by Crippen LogP contribution is 2.24. The van der Waals surface area contributed by atoms with Crippen LogP contribution in [0, 0.1) is 0 Å². The number of rotatable bonds is 8. The summed E-state index contributed by atoms with van der Waals surface area (Å²) in [4.78, 5) is 0. The maximum Gasteiger partial charge on any atom is 0.0727 e. The van der Waals surface area contributed by atoms with Crippen LogP contribution in [0.15, 0.2) is 36.5 Å². The molecule has 0 aliphatic rings. The molecule has 2 aromatic rings. The van der Waals surface area contributed by atoms with Gasteiger partial charge in [0, 0.05) is 24.2 Å². The van der Waals surface area contributed by atoms with Crippen LogP contribution in [0.3, 0.4) is 0 Å². The van der Waals surface area contributed by atoms with Crippen LogP contribution in [0.25, 0.3) is 11.3 Å². The van der Waals surface area contributed by atoms with Gasteiger partial charge in [0.05, 0.1) is 11.9 Å². The molecule has 0 saturated heterocycles. The highest BCUT2D eigenvalue weighted by atomic mass is 15.3. The van der Waals surface area contributed by atoms with Crippen molar-refractivity contribution in [2.45, 2.75) is 46.2 Å². The SMILES string of the molecule is CCCCn1ncc(CNCCC)c1-c1ccccc1. The van der Waals surface area contributed by atoms with Crippen molar-refractivity contribution in [3.63, 3.8) is 0 Å². The Morgan fingerprint density at radius 1 is 1.10 bits per heavy atom. The molecule has 0 aliphatic carbocycles. The molecule has 0 atom stereocenters. The number of nitrogens with one attached hydrogen (secondary N) is 1. The molecule has 3 heteroatoms. The third-order valence-corrected chi connectivity index (χ3v) is 3.43. The predicted octanol–water partition coefficient (Wildman–Crippen LogP) is 3.85. The molecule has 0 radical (unpaired) electrons. The van der Waals surface area contributed by atoms with Gasteiger partial charge >= 0.3 is 0 Å². The summed E-state index contributed by atoms with van der Waals surface area (Å²) >= 11 is 0. The van der Waals surface area contributed by atoms with Crippen LogP contribution in [-0.2, 0) is 13.1 Å². The van der Waals surface area contributed by atoms with Gasteiger partial charge in [-0.1, -0.05) is 50.6 Å². The molecule has 1 N–H and O–H groups in total. The zero-order valence-corrected chi connectivity index (χ0v) is 12.6. The summed E-state index contributed by atoms with van der Waals surface area (Å²) in [7, 11) is 0. The van der Waals surface area contributed by atoms with Crippen molar-refractivity contribution in [3.05, 3.63) is 42.1 Å². The van der Waals surface area contributed by atoms with Gasteiger partial charge in [-0.3, -0.25) is 4.68 Å². The second-order valence-electron chi connectivity index (χ2n) is 5.14. The second kappa shape index (κ2) is 7.85. The van der Waals surface area contributed by atoms with Crippen LogP contribution in [0.2, 0.25) is 0 Å². The van der Waals surface area contributed by atoms with Crippen molar-refractivity contribution in [2.24, 2.45) is 0 Å². The lowest BCUT2D eigenvalue weighted by molar-refractivity contribution is 0.576. The second-order valence-corrected chi connectivity index (χ2v) is 5.14. The highest BCUT2D eigenvalue weighted by molar-refractivity contribution is 5.63. The molecule has 0 unspecified atom stereocenters. The van der Waals surface area contributed by atoms with Crippen molar-refractivity contribution < 1.29 is 0 Å². The summed E-state index contributed by atoms with van der Waals surface area (Å²) in [5.41, 5.74) is 3.82. The Balaban J connectivity index is 2.25. The lowest BCUT2D eigenvalue weighted by atomic mass is 10.1. The van der Waals surface area contributed by atoms with Crippen LogP contribution in [0.1, 0.15) is 38.7 Å². The normalized spacial score (nSPS) is 10.9. The third-order valence-electron chi connectivity index (χ3n) is 3.43. The maximum absolute atomic E-state index is 4.59. The lowest BCUT2D eigenvalue weighted by Crippen LogP contribution is -2.14. The smallest absolute Gasteiger partial charge is 0.0727 e. The number of hydrogen-bond acceptors (Lipinski definition) is 2. The van der Waals surface area contributed by atoms with Gasteiger partial charge in [-0.2, -0.15) is 5.10 Å². The first-order chi connectivity index (χ1) is 9.86. The molecule has 3 nitrogen and oxygen atoms in total. The lowest BCUT2D eigenvalue weighted by Gasteiger charge is -2.10. The molecule has 0 fully saturated rings. The quantitative estimate of drug-likeness (QED) is 0.739. The maximum atomic E-state index is 4.59. The number of aromatic nitrogens is 2. The minimum absolute atomic E-state index is 0.893. The summed E-state index contributed by atoms with van der Waals surface area (Å²) in [6, 6.07) is 10.6. The van der Waals surface area contributed by atoms with E-state index in [9.17, 15) is 0 Å². The number of aryl methyl sites for hydroxylation is 1. The van der Waals surface area contributed by atoms with Gasteiger partial charge in [0.25, 0.3) is 0 Å². The molecule has 108 valence electrons. The molecule has 1 aromatic heterocycles. The number of nitrogens with zero attached hydrogens (tertiary/aromatic N) is 2. The van der Waals surface area contributed by atoms with E-state index < -0.39 is 0 Å². The Kier molecular flexibility index (Phi) is 5.81. The van der Waals surface area contributed by atoms with Gasteiger partial charge in [-0.25, -0.2) is 0 Å². The molecule has 0 aliphatic heterocycles. The monoisotopic (exact) mass is 271 g/mol. The topological polar surface area (TPSA) is 29.9 Å². The summed E-state index contributed by atoms with van der Waals surface area (Å²) in [6.07, 6.45) is 5.53. The molecule has 1 aromatic carbocycles. The number of hydrogen-bond donors (Lipinski definition) is 1. The Morgan fingerprint density at radius 3 is 2.60 bits per heavy atom. The largest absolute Gasteiger partial charge is 0.313 e. The molecule has 0 amide bonds. The molecule has 0 spiro atoms. The van der Waals surface area contributed by atoms with E-state index in [-0.39, 0.29) is 0 Å². The van der Waals surface area contributed by atoms with Gasteiger partial charge < -0.3 is 5.32 Å². The predicted molar refractivity (Wildman–Crippen MR) is 84.6 cm³/mol. The van der Waals surface area contributed by atoms with E-state index in [0.29, 0.717) is 0 Å². The van der Waals surface area contributed by atoms with E-state index in [1.54, 1.807) is 0 Å². The van der Waals surface area contributed by atoms with Gasteiger partial charge in [0.1, 0.15) is 0 Å². The van der Waals surface area contributed by atoms with Crippen LogP contribution >= 0.6 is 0 Å². The zero-order chi connectivity index (χ0) is 14.2. The minimum Gasteiger partial charge on any atom is -0.313 e. The molecule has 20 heavy (non-hydrogen) atoms. The fourth-order valence-electron chi connectivity index (χ4n) is 2.36. The number of benzene rings is 1. The Bertz CT molecular complexity index is 502. The molecule has 2 rings (SSSR count). The average molecular weight is 271 g/mol. The van der Waals surface area contributed by atoms with Gasteiger partial charge in [0.15, 0.2) is 0 Å². The molecule has 0 saturated carbocycles. The van der Waals surface area contributed by atoms with Crippen molar-refractivity contribution in [3.8, 4) is 11.3 Å². The van der Waals surface area contributed by atoms with Crippen molar-refractivity contribution in [1.29, 1.82) is 0 Å². The fourth-order valence-corrected chi connectivity index (χ4v) is 2.36. The van der Waals surface area contributed by atoms with Crippen LogP contribution in [0.5, 0.6) is 0 Å². The van der Waals surface area contributed by atoms with Crippen molar-refractivity contribution in [1.82, 2.24) is 15.1 Å². The van der Waals surface area contributed by atoms with Gasteiger partial charge in [-0.15, -0.1) is 0 Å². The van der Waals surface area contributed by atoms with Crippen molar-refractivity contribution in [2.75, 3.05) is 6.54 Å². The van der Waals surface area contributed by atoms with Crippen LogP contribution in [-0.4, -0.2) is 16.3 Å². The first-order valence-electron chi connectivity index (χ1n) is 7.67. The Morgan fingerprint density at radius 2 is 1.90 bits per heavy atom. The van der Waals surface area contributed by atoms with E-state index in [4.69, 9.17) is 0 Å². The van der Waals surface area contributed by atoms with E-state index >= 15 is 0 Å². The number of unbranched alkanes of at least 4 members (excludes halogenated alkanes) is 1. The van der Waals surface area contributed by atoms with E-state index in [0.717, 1.165) is 26.1 Å². The third kappa shape index (κ3) is 3.70. The van der Waals surface area contributed by atoms with Gasteiger partial charge in [0.2, 0.25) is 0 Å². The summed E-state index contributed by atoms with van der Waals surface area (Å²) < 4.78 is 2.15. The van der Waals surface area contributed by atoms with E-state index in [1.807, 2.05) is 6.20 Å². The fraction of sp³-hybridized carbons (Fsp3) is 0.471. The highest BCUT2D eigenvalue weighted by Gasteiger charge is 2.12. The first kappa shape index (κ1) is 14.8. The van der Waals surface area contributed by atoms with Gasteiger partial charge in [-0.05, 0) is 19.4 Å². The van der Waals surface area contributed by atoms with Crippen LogP contribution < -0.4 is 5.32 Å². The molecular formula is C17H25N3. The molecule has 1 heterocycles. The summed E-state index contributed by atoms with van der Waals surface area (Å²) in [5.74, 6) is 0. The van der Waals surface area contributed by atoms with E-state index in [2.05, 4.69) is 59.3 Å². The molecule has 0 bridgehead atoms. The van der Waals surface area contributed by atoms with Crippen molar-refractivity contribution >= 4 is 0 Å². The Hall–Kier alpha value is -1.61. The van der Waals surface area contributed by atoms with Crippen LogP contribution in [0.4, 0.5) is 0 Å². The minimum atomic E-state index is 0.893. The first-order valence-corrected chi connectivity index (χ1v) is 7.67. The summed E-state index contributed by atoms with van der Waals surface area (Å²) in [6.45, 7) is 7.35. The van der Waals surface area contributed by atoms with E-state index in [1.165, 1.54) is 29.7 Å².